The van der Waals surface area contributed by atoms with E-state index >= 15 is 0 Å². The van der Waals surface area contributed by atoms with Crippen molar-refractivity contribution in [1.29, 1.82) is 0 Å². The van der Waals surface area contributed by atoms with Crippen LogP contribution in [0, 0.1) is 13.8 Å². The molecular formula is C39H45NO6. The molecule has 1 aliphatic rings. The average Bonchev–Trinajstić information content (AvgIpc) is 3.06. The van der Waals surface area contributed by atoms with Gasteiger partial charge in [-0.05, 0) is 73.1 Å². The van der Waals surface area contributed by atoms with Crippen molar-refractivity contribution in [2.45, 2.75) is 77.3 Å². The lowest BCUT2D eigenvalue weighted by atomic mass is 9.95. The lowest BCUT2D eigenvalue weighted by Gasteiger charge is -2.42. The molecule has 0 radical (unpaired) electrons. The van der Waals surface area contributed by atoms with Crippen LogP contribution >= 0.6 is 0 Å². The smallest absolute Gasteiger partial charge is 0.249 e. The highest BCUT2D eigenvalue weighted by atomic mass is 16.6. The number of primary amides is 1. The molecule has 0 unspecified atom stereocenters. The Labute approximate surface area is 272 Å². The quantitative estimate of drug-likeness (QED) is 0.134. The van der Waals surface area contributed by atoms with Gasteiger partial charge in [-0.2, -0.15) is 0 Å². The molecule has 0 bridgehead atoms. The summed E-state index contributed by atoms with van der Waals surface area (Å²) in [7, 11) is 0. The van der Waals surface area contributed by atoms with Crippen LogP contribution < -0.4 is 10.5 Å². The summed E-state index contributed by atoms with van der Waals surface area (Å²) in [5.41, 5.74) is 11.0. The number of rotatable bonds is 16. The molecule has 0 aliphatic carbocycles. The van der Waals surface area contributed by atoms with E-state index in [4.69, 9.17) is 29.4 Å². The summed E-state index contributed by atoms with van der Waals surface area (Å²) in [6.07, 6.45) is 1.40. The number of carbonyl (C=O) groups is 1. The van der Waals surface area contributed by atoms with E-state index in [0.717, 1.165) is 52.8 Å². The molecule has 4 aromatic carbocycles. The van der Waals surface area contributed by atoms with E-state index in [0.29, 0.717) is 38.6 Å². The fourth-order valence-electron chi connectivity index (χ4n) is 5.97. The van der Waals surface area contributed by atoms with Gasteiger partial charge in [-0.1, -0.05) is 91.0 Å². The zero-order valence-electron chi connectivity index (χ0n) is 26.8. The second-order valence-electron chi connectivity index (χ2n) is 11.9. The Balaban J connectivity index is 1.25. The van der Waals surface area contributed by atoms with Gasteiger partial charge in [0.1, 0.15) is 24.1 Å². The van der Waals surface area contributed by atoms with E-state index < -0.39 is 5.91 Å². The molecule has 2 N–H and O–H groups in total. The predicted octanol–water partition coefficient (Wildman–Crippen LogP) is 7.11. The first-order chi connectivity index (χ1) is 22.5. The molecule has 0 aromatic heterocycles. The molecule has 7 heteroatoms. The zero-order valence-corrected chi connectivity index (χ0v) is 26.8. The van der Waals surface area contributed by atoms with Crippen molar-refractivity contribution in [3.63, 3.8) is 0 Å². The number of ether oxygens (including phenoxy) is 5. The molecule has 1 aliphatic heterocycles. The van der Waals surface area contributed by atoms with Crippen LogP contribution in [0.1, 0.15) is 57.4 Å². The van der Waals surface area contributed by atoms with Crippen molar-refractivity contribution < 1.29 is 28.5 Å². The molecular weight excluding hydrogens is 578 g/mol. The molecule has 4 atom stereocenters. The van der Waals surface area contributed by atoms with Gasteiger partial charge in [0.15, 0.2) is 0 Å². The second kappa shape index (κ2) is 17.1. The standard InChI is InChI=1S/C39H45NO6/c1-28-22-33(23-29(2)36(28)39(40)41)42-21-13-12-20-34-37(45-25-31-16-8-4-9-17-31)38(46-26-32-18-10-5-11-19-32)35(27-44-34)43-24-30-14-6-3-7-15-30/h3-11,14-19,22-23,34-35,37-38H,12-13,20-21,24-27H2,1-2H3,(H2,40,41)/t34-,35+,37-,38-/m0/s1. The van der Waals surface area contributed by atoms with Crippen molar-refractivity contribution in [3.05, 3.63) is 137 Å². The average molecular weight is 624 g/mol. The van der Waals surface area contributed by atoms with Crippen LogP contribution in [0.4, 0.5) is 0 Å². The summed E-state index contributed by atoms with van der Waals surface area (Å²) in [6, 6.07) is 34.3. The van der Waals surface area contributed by atoms with Crippen molar-refractivity contribution in [1.82, 2.24) is 0 Å². The maximum atomic E-state index is 11.8. The van der Waals surface area contributed by atoms with Crippen molar-refractivity contribution in [2.24, 2.45) is 5.73 Å². The van der Waals surface area contributed by atoms with Gasteiger partial charge in [0.25, 0.3) is 0 Å². The van der Waals surface area contributed by atoms with Gasteiger partial charge in [-0.15, -0.1) is 0 Å². The molecule has 0 spiro atoms. The van der Waals surface area contributed by atoms with Gasteiger partial charge >= 0.3 is 0 Å². The van der Waals surface area contributed by atoms with Crippen molar-refractivity contribution >= 4 is 5.91 Å². The summed E-state index contributed by atoms with van der Waals surface area (Å²) in [6.45, 7) is 6.09. The Morgan fingerprint density at radius 1 is 0.717 bits per heavy atom. The van der Waals surface area contributed by atoms with E-state index in [-0.39, 0.29) is 24.4 Å². The maximum Gasteiger partial charge on any atom is 0.249 e. The molecule has 46 heavy (non-hydrogen) atoms. The van der Waals surface area contributed by atoms with Crippen molar-refractivity contribution in [3.8, 4) is 5.75 Å². The highest BCUT2D eigenvalue weighted by Gasteiger charge is 2.42. The number of benzene rings is 4. The lowest BCUT2D eigenvalue weighted by molar-refractivity contribution is -0.239. The third-order valence-electron chi connectivity index (χ3n) is 8.31. The number of nitrogens with two attached hydrogens (primary N) is 1. The molecule has 4 aromatic rings. The minimum absolute atomic E-state index is 0.166. The van der Waals surface area contributed by atoms with Crippen LogP contribution in [0.15, 0.2) is 103 Å². The van der Waals surface area contributed by atoms with Crippen LogP contribution in [-0.4, -0.2) is 43.5 Å². The summed E-state index contributed by atoms with van der Waals surface area (Å²) in [4.78, 5) is 11.8. The van der Waals surface area contributed by atoms with Gasteiger partial charge in [0, 0.05) is 5.56 Å². The SMILES string of the molecule is Cc1cc(OCCCC[C@@H]2OC[C@@H](OCc3ccccc3)[C@H](OCc3ccccc3)[C@H]2OCc2ccccc2)cc(C)c1C(N)=O. The monoisotopic (exact) mass is 623 g/mol. The van der Waals surface area contributed by atoms with Gasteiger partial charge < -0.3 is 29.4 Å². The van der Waals surface area contributed by atoms with E-state index in [1.807, 2.05) is 80.6 Å². The number of aryl methyl sites for hydroxylation is 2. The molecule has 242 valence electrons. The van der Waals surface area contributed by atoms with E-state index in [9.17, 15) is 4.79 Å². The summed E-state index contributed by atoms with van der Waals surface area (Å²) in [5.74, 6) is 0.322. The molecule has 5 rings (SSSR count). The van der Waals surface area contributed by atoms with Crippen molar-refractivity contribution in [2.75, 3.05) is 13.2 Å². The Bertz CT molecular complexity index is 1470. The fraction of sp³-hybridized carbons (Fsp3) is 0.359. The van der Waals surface area contributed by atoms with E-state index in [1.165, 1.54) is 0 Å². The molecule has 1 heterocycles. The zero-order chi connectivity index (χ0) is 32.1. The third kappa shape index (κ3) is 9.50. The largest absolute Gasteiger partial charge is 0.494 e. The molecule has 7 nitrogen and oxygen atoms in total. The van der Waals surface area contributed by atoms with Gasteiger partial charge in [0.05, 0.1) is 39.1 Å². The van der Waals surface area contributed by atoms with Crippen LogP contribution in [-0.2, 0) is 38.8 Å². The van der Waals surface area contributed by atoms with E-state index in [2.05, 4.69) is 36.4 Å². The first-order valence-electron chi connectivity index (χ1n) is 16.1. The van der Waals surface area contributed by atoms with Gasteiger partial charge in [0.2, 0.25) is 5.91 Å². The summed E-state index contributed by atoms with van der Waals surface area (Å²) >= 11 is 0. The van der Waals surface area contributed by atoms with Crippen LogP contribution in [0.3, 0.4) is 0 Å². The number of amides is 1. The minimum Gasteiger partial charge on any atom is -0.494 e. The number of unbranched alkanes of at least 4 members (excludes halogenated alkanes) is 1. The highest BCUT2D eigenvalue weighted by Crippen LogP contribution is 2.29. The molecule has 0 saturated carbocycles. The highest BCUT2D eigenvalue weighted by molar-refractivity contribution is 5.96. The Morgan fingerprint density at radius 3 is 1.74 bits per heavy atom. The predicted molar refractivity (Wildman–Crippen MR) is 179 cm³/mol. The number of hydrogen-bond donors (Lipinski definition) is 1. The van der Waals surface area contributed by atoms with E-state index in [1.54, 1.807) is 0 Å². The number of carbonyl (C=O) groups excluding carboxylic acids is 1. The van der Waals surface area contributed by atoms with Gasteiger partial charge in [-0.25, -0.2) is 0 Å². The summed E-state index contributed by atoms with van der Waals surface area (Å²) in [5, 5.41) is 0. The second-order valence-corrected chi connectivity index (χ2v) is 11.9. The Kier molecular flexibility index (Phi) is 12.4. The Hall–Kier alpha value is -4.01. The maximum absolute atomic E-state index is 11.8. The minimum atomic E-state index is -0.420. The molecule has 1 saturated heterocycles. The van der Waals surface area contributed by atoms with Crippen LogP contribution in [0.2, 0.25) is 0 Å². The van der Waals surface area contributed by atoms with Crippen LogP contribution in [0.25, 0.3) is 0 Å². The molecule has 1 fully saturated rings. The fourth-order valence-corrected chi connectivity index (χ4v) is 5.97. The van der Waals surface area contributed by atoms with Crippen LogP contribution in [0.5, 0.6) is 5.75 Å². The first-order valence-corrected chi connectivity index (χ1v) is 16.1. The van der Waals surface area contributed by atoms with Gasteiger partial charge in [-0.3, -0.25) is 4.79 Å². The first kappa shape index (κ1) is 33.4. The lowest BCUT2D eigenvalue weighted by Crippen LogP contribution is -2.56. The summed E-state index contributed by atoms with van der Waals surface area (Å²) < 4.78 is 32.3. The topological polar surface area (TPSA) is 89.2 Å². The third-order valence-corrected chi connectivity index (χ3v) is 8.31. The molecule has 1 amide bonds. The normalized spacial score (nSPS) is 19.5. The Morgan fingerprint density at radius 2 is 1.22 bits per heavy atom. The number of hydrogen-bond acceptors (Lipinski definition) is 6.